The van der Waals surface area contributed by atoms with E-state index in [0.29, 0.717) is 17.3 Å². The largest absolute Gasteiger partial charge is 0.397 e. The Bertz CT molecular complexity index is 433. The Labute approximate surface area is 108 Å². The van der Waals surface area contributed by atoms with Crippen molar-refractivity contribution in [2.45, 2.75) is 39.2 Å². The van der Waals surface area contributed by atoms with Crippen LogP contribution in [0.15, 0.2) is 18.3 Å². The molecule has 1 aromatic rings. The Kier molecular flexibility index (Phi) is 3.84. The molecule has 1 aliphatic carbocycles. The topological polar surface area (TPSA) is 68.0 Å². The summed E-state index contributed by atoms with van der Waals surface area (Å²) in [5.74, 6) is 1.25. The summed E-state index contributed by atoms with van der Waals surface area (Å²) >= 11 is 0. The van der Waals surface area contributed by atoms with Gasteiger partial charge in [-0.25, -0.2) is 4.98 Å². The van der Waals surface area contributed by atoms with Gasteiger partial charge < -0.3 is 11.1 Å². The third kappa shape index (κ3) is 2.81. The molecule has 0 aromatic carbocycles. The molecule has 4 nitrogen and oxygen atoms in total. The van der Waals surface area contributed by atoms with Crippen molar-refractivity contribution in [3.63, 3.8) is 0 Å². The molecule has 3 N–H and O–H groups in total. The number of nitrogens with two attached hydrogens (primary N) is 1. The van der Waals surface area contributed by atoms with Gasteiger partial charge in [-0.15, -0.1) is 0 Å². The molecule has 0 spiro atoms. The van der Waals surface area contributed by atoms with Gasteiger partial charge in [-0.2, -0.15) is 0 Å². The number of nitrogens with zero attached hydrogens (tertiary/aromatic N) is 1. The van der Waals surface area contributed by atoms with Crippen molar-refractivity contribution in [2.24, 2.45) is 11.8 Å². The normalized spacial score (nSPS) is 27.8. The average Bonchev–Trinajstić information content (AvgIpc) is 2.34. The molecule has 1 aliphatic rings. The lowest BCUT2D eigenvalue weighted by molar-refractivity contribution is 0.0906. The van der Waals surface area contributed by atoms with Crippen LogP contribution in [0.25, 0.3) is 0 Å². The highest BCUT2D eigenvalue weighted by atomic mass is 16.1. The highest BCUT2D eigenvalue weighted by Gasteiger charge is 2.26. The van der Waals surface area contributed by atoms with Crippen molar-refractivity contribution in [1.82, 2.24) is 10.3 Å². The first kappa shape index (κ1) is 12.9. The fraction of sp³-hybridized carbons (Fsp3) is 0.571. The Morgan fingerprint density at radius 1 is 1.39 bits per heavy atom. The molecule has 2 rings (SSSR count). The van der Waals surface area contributed by atoms with Crippen molar-refractivity contribution in [3.05, 3.63) is 24.0 Å². The quantitative estimate of drug-likeness (QED) is 0.842. The highest BCUT2D eigenvalue weighted by Crippen LogP contribution is 2.29. The first-order valence-electron chi connectivity index (χ1n) is 6.59. The Morgan fingerprint density at radius 3 is 2.83 bits per heavy atom. The monoisotopic (exact) mass is 247 g/mol. The van der Waals surface area contributed by atoms with Crippen molar-refractivity contribution in [3.8, 4) is 0 Å². The molecule has 0 saturated heterocycles. The number of anilines is 1. The van der Waals surface area contributed by atoms with E-state index in [1.54, 1.807) is 18.3 Å². The van der Waals surface area contributed by atoms with Crippen molar-refractivity contribution >= 4 is 11.6 Å². The summed E-state index contributed by atoms with van der Waals surface area (Å²) in [6.45, 7) is 4.53. The molecule has 3 atom stereocenters. The average molecular weight is 247 g/mol. The lowest BCUT2D eigenvalue weighted by atomic mass is 9.79. The number of pyridine rings is 1. The van der Waals surface area contributed by atoms with E-state index in [0.717, 1.165) is 18.8 Å². The molecule has 1 fully saturated rings. The maximum atomic E-state index is 12.1. The zero-order chi connectivity index (χ0) is 13.1. The summed E-state index contributed by atoms with van der Waals surface area (Å²) in [4.78, 5) is 16.1. The predicted molar refractivity (Wildman–Crippen MR) is 72.1 cm³/mol. The van der Waals surface area contributed by atoms with Crippen LogP contribution in [0.5, 0.6) is 0 Å². The maximum absolute atomic E-state index is 12.1. The van der Waals surface area contributed by atoms with E-state index in [1.807, 2.05) is 0 Å². The predicted octanol–water partition coefficient (Wildman–Crippen LogP) is 2.22. The number of carbonyl (C=O) groups excluding carboxylic acids is 1. The van der Waals surface area contributed by atoms with Gasteiger partial charge in [-0.1, -0.05) is 13.8 Å². The number of nitrogen functional groups attached to an aromatic ring is 1. The second kappa shape index (κ2) is 5.38. The molecule has 0 aliphatic heterocycles. The summed E-state index contributed by atoms with van der Waals surface area (Å²) in [6.07, 6.45) is 4.85. The molecular weight excluding hydrogens is 226 g/mol. The van der Waals surface area contributed by atoms with Crippen LogP contribution in [0.2, 0.25) is 0 Å². The zero-order valence-electron chi connectivity index (χ0n) is 11.0. The number of aromatic nitrogens is 1. The first-order valence-corrected chi connectivity index (χ1v) is 6.59. The van der Waals surface area contributed by atoms with E-state index in [1.165, 1.54) is 6.42 Å². The summed E-state index contributed by atoms with van der Waals surface area (Å²) in [7, 11) is 0. The highest BCUT2D eigenvalue weighted by molar-refractivity contribution is 5.97. The van der Waals surface area contributed by atoms with Gasteiger partial charge in [0, 0.05) is 12.2 Å². The van der Waals surface area contributed by atoms with Crippen LogP contribution < -0.4 is 11.1 Å². The summed E-state index contributed by atoms with van der Waals surface area (Å²) in [5.41, 5.74) is 6.53. The van der Waals surface area contributed by atoms with Crippen LogP contribution in [0, 0.1) is 11.8 Å². The molecule has 3 unspecified atom stereocenters. The molecule has 0 radical (unpaired) electrons. The maximum Gasteiger partial charge on any atom is 0.272 e. The smallest absolute Gasteiger partial charge is 0.272 e. The molecule has 4 heteroatoms. The molecule has 1 aromatic heterocycles. The number of hydrogen-bond donors (Lipinski definition) is 2. The molecule has 1 amide bonds. The minimum atomic E-state index is -0.153. The van der Waals surface area contributed by atoms with Crippen LogP contribution in [0.1, 0.15) is 43.6 Å². The van der Waals surface area contributed by atoms with Gasteiger partial charge in [-0.3, -0.25) is 4.79 Å². The van der Waals surface area contributed by atoms with Crippen LogP contribution >= 0.6 is 0 Å². The standard InChI is InChI=1S/C14H21N3O/c1-9-5-6-11(8-10(9)2)17-14(18)13-12(15)4-3-7-16-13/h3-4,7,9-11H,5-6,8,15H2,1-2H3,(H,17,18). The van der Waals surface area contributed by atoms with Gasteiger partial charge in [-0.05, 0) is 43.2 Å². The van der Waals surface area contributed by atoms with Crippen LogP contribution in [-0.2, 0) is 0 Å². The molecule has 1 heterocycles. The van der Waals surface area contributed by atoms with Crippen molar-refractivity contribution < 1.29 is 4.79 Å². The molecular formula is C14H21N3O. The van der Waals surface area contributed by atoms with E-state index >= 15 is 0 Å². The van der Waals surface area contributed by atoms with Crippen molar-refractivity contribution in [1.29, 1.82) is 0 Å². The van der Waals surface area contributed by atoms with Gasteiger partial charge in [0.15, 0.2) is 5.69 Å². The van der Waals surface area contributed by atoms with Crippen LogP contribution in [-0.4, -0.2) is 16.9 Å². The van der Waals surface area contributed by atoms with E-state index < -0.39 is 0 Å². The molecule has 98 valence electrons. The molecule has 0 bridgehead atoms. The third-order valence-corrected chi connectivity index (χ3v) is 3.99. The number of rotatable bonds is 2. The van der Waals surface area contributed by atoms with E-state index in [-0.39, 0.29) is 11.9 Å². The third-order valence-electron chi connectivity index (χ3n) is 3.99. The minimum Gasteiger partial charge on any atom is -0.397 e. The lowest BCUT2D eigenvalue weighted by Crippen LogP contribution is -2.40. The first-order chi connectivity index (χ1) is 8.58. The van der Waals surface area contributed by atoms with Gasteiger partial charge in [0.05, 0.1) is 5.69 Å². The SMILES string of the molecule is CC1CCC(NC(=O)c2ncccc2N)CC1C. The van der Waals surface area contributed by atoms with Gasteiger partial charge in [0.25, 0.3) is 5.91 Å². The summed E-state index contributed by atoms with van der Waals surface area (Å²) in [6, 6.07) is 3.69. The van der Waals surface area contributed by atoms with Gasteiger partial charge >= 0.3 is 0 Å². The molecule has 1 saturated carbocycles. The van der Waals surface area contributed by atoms with Gasteiger partial charge in [0.1, 0.15) is 0 Å². The van der Waals surface area contributed by atoms with Gasteiger partial charge in [0.2, 0.25) is 0 Å². The second-order valence-corrected chi connectivity index (χ2v) is 5.38. The second-order valence-electron chi connectivity index (χ2n) is 5.38. The van der Waals surface area contributed by atoms with Crippen LogP contribution in [0.4, 0.5) is 5.69 Å². The van der Waals surface area contributed by atoms with Crippen LogP contribution in [0.3, 0.4) is 0 Å². The van der Waals surface area contributed by atoms with Crippen molar-refractivity contribution in [2.75, 3.05) is 5.73 Å². The number of hydrogen-bond acceptors (Lipinski definition) is 3. The molecule has 18 heavy (non-hydrogen) atoms. The summed E-state index contributed by atoms with van der Waals surface area (Å²) in [5, 5.41) is 3.05. The fourth-order valence-electron chi connectivity index (χ4n) is 2.54. The number of nitrogens with one attached hydrogen (secondary N) is 1. The Morgan fingerprint density at radius 2 is 2.17 bits per heavy atom. The lowest BCUT2D eigenvalue weighted by Gasteiger charge is -2.32. The summed E-state index contributed by atoms with van der Waals surface area (Å²) < 4.78 is 0. The number of carbonyl (C=O) groups is 1. The number of amides is 1. The minimum absolute atomic E-state index is 0.153. The Hall–Kier alpha value is -1.58. The van der Waals surface area contributed by atoms with E-state index in [4.69, 9.17) is 5.73 Å². The van der Waals surface area contributed by atoms with E-state index in [2.05, 4.69) is 24.1 Å². The fourth-order valence-corrected chi connectivity index (χ4v) is 2.54. The van der Waals surface area contributed by atoms with E-state index in [9.17, 15) is 4.79 Å². The zero-order valence-corrected chi connectivity index (χ0v) is 11.0. The Balaban J connectivity index is 1.98.